The summed E-state index contributed by atoms with van der Waals surface area (Å²) in [5, 5.41) is 20.1. The van der Waals surface area contributed by atoms with Gasteiger partial charge in [0, 0.05) is 6.42 Å². The molecule has 2 saturated heterocycles. The summed E-state index contributed by atoms with van der Waals surface area (Å²) < 4.78 is 5.65. The number of rotatable bonds is 4. The molecule has 1 aromatic rings. The number of primary amides is 1. The highest BCUT2D eigenvalue weighted by molar-refractivity contribution is 6.00. The molecule has 0 saturated carbocycles. The average Bonchev–Trinajstić information content (AvgIpc) is 2.98. The number of β-lactam (4-membered cyclic amide) rings is 1. The van der Waals surface area contributed by atoms with Crippen LogP contribution in [0.25, 0.3) is 0 Å². The van der Waals surface area contributed by atoms with Crippen LogP contribution >= 0.6 is 0 Å². The quantitative estimate of drug-likeness (QED) is 0.681. The fourth-order valence-corrected chi connectivity index (χ4v) is 4.95. The van der Waals surface area contributed by atoms with Crippen LogP contribution in [-0.4, -0.2) is 62.6 Å². The molecule has 1 aromatic carbocycles. The van der Waals surface area contributed by atoms with Crippen LogP contribution in [0.1, 0.15) is 52.6 Å². The van der Waals surface area contributed by atoms with E-state index < -0.39 is 52.7 Å². The Kier molecular flexibility index (Phi) is 5.72. The van der Waals surface area contributed by atoms with Crippen LogP contribution in [0.2, 0.25) is 0 Å². The summed E-state index contributed by atoms with van der Waals surface area (Å²) in [5.74, 6) is -1.37. The summed E-state index contributed by atoms with van der Waals surface area (Å²) >= 11 is 0. The fraction of sp³-hybridized carbons (Fsp3) is 0.565. The Morgan fingerprint density at radius 1 is 1.31 bits per heavy atom. The van der Waals surface area contributed by atoms with Gasteiger partial charge < -0.3 is 20.5 Å². The monoisotopic (exact) mass is 442 g/mol. The number of likely N-dealkylation sites (tertiary alicyclic amines) is 2. The van der Waals surface area contributed by atoms with Crippen LogP contribution in [0.3, 0.4) is 0 Å². The van der Waals surface area contributed by atoms with Crippen molar-refractivity contribution in [3.05, 3.63) is 35.9 Å². The maximum Gasteiger partial charge on any atom is 0.411 e. The second-order valence-corrected chi connectivity index (χ2v) is 9.92. The third-order valence-electron chi connectivity index (χ3n) is 6.12. The Balaban J connectivity index is 2.11. The van der Waals surface area contributed by atoms with E-state index in [1.54, 1.807) is 52.0 Å². The number of ether oxygens (including phenoxy) is 1. The lowest BCUT2D eigenvalue weighted by atomic mass is 9.74. The number of amides is 3. The van der Waals surface area contributed by atoms with Gasteiger partial charge in [-0.1, -0.05) is 30.3 Å². The molecule has 32 heavy (non-hydrogen) atoms. The molecule has 0 aromatic heterocycles. The zero-order chi connectivity index (χ0) is 24.1. The third kappa shape index (κ3) is 3.69. The minimum absolute atomic E-state index is 0.0375. The number of nitriles is 1. The molecule has 3 unspecified atom stereocenters. The minimum Gasteiger partial charge on any atom is -0.444 e. The number of nitrogens with zero attached hydrogens (tertiary/aromatic N) is 3. The highest BCUT2D eigenvalue weighted by Gasteiger charge is 2.71. The average molecular weight is 443 g/mol. The summed E-state index contributed by atoms with van der Waals surface area (Å²) in [6, 6.07) is 9.38. The molecule has 5 atom stereocenters. The van der Waals surface area contributed by atoms with Crippen LogP contribution < -0.4 is 5.73 Å². The summed E-state index contributed by atoms with van der Waals surface area (Å²) in [6.45, 7) is 8.22. The Labute approximate surface area is 187 Å². The van der Waals surface area contributed by atoms with E-state index in [1.165, 1.54) is 16.7 Å². The molecule has 9 heteroatoms. The van der Waals surface area contributed by atoms with Crippen molar-refractivity contribution in [3.8, 4) is 6.07 Å². The van der Waals surface area contributed by atoms with E-state index in [1.807, 2.05) is 6.07 Å². The van der Waals surface area contributed by atoms with Gasteiger partial charge in [0.2, 0.25) is 5.91 Å². The van der Waals surface area contributed by atoms with Gasteiger partial charge in [0.15, 0.2) is 0 Å². The van der Waals surface area contributed by atoms with E-state index in [0.717, 1.165) is 0 Å². The molecule has 0 aliphatic carbocycles. The van der Waals surface area contributed by atoms with Gasteiger partial charge in [0.1, 0.15) is 17.2 Å². The Bertz CT molecular complexity index is 967. The number of aliphatic hydroxyl groups excluding tert-OH is 1. The number of carbonyl (C=O) groups is 3. The molecule has 2 fully saturated rings. The zero-order valence-electron chi connectivity index (χ0n) is 19.0. The molecular weight excluding hydrogens is 412 g/mol. The molecule has 3 N–H and O–H groups in total. The first-order chi connectivity index (χ1) is 14.8. The summed E-state index contributed by atoms with van der Waals surface area (Å²) in [5.41, 5.74) is 2.83. The van der Waals surface area contributed by atoms with Crippen molar-refractivity contribution in [3.63, 3.8) is 0 Å². The number of benzene rings is 1. The molecular formula is C23H30N4O5. The molecule has 172 valence electrons. The summed E-state index contributed by atoms with van der Waals surface area (Å²) in [4.78, 5) is 41.4. The van der Waals surface area contributed by atoms with Crippen molar-refractivity contribution >= 4 is 17.9 Å². The Morgan fingerprint density at radius 2 is 1.91 bits per heavy atom. The second kappa shape index (κ2) is 7.78. The summed E-state index contributed by atoms with van der Waals surface area (Å²) in [6.07, 6.45) is -1.83. The highest BCUT2D eigenvalue weighted by Crippen LogP contribution is 2.58. The lowest BCUT2D eigenvalue weighted by Gasteiger charge is -2.54. The van der Waals surface area contributed by atoms with Crippen molar-refractivity contribution in [1.29, 1.82) is 5.26 Å². The molecule has 0 radical (unpaired) electrons. The number of aliphatic hydroxyl groups is 1. The first kappa shape index (κ1) is 23.5. The SMILES string of the molecule is C[C@@H](O)[C@@H](C(N)=O)N1CC2(CC(C)(C#N)C(c3ccccc3)N2C(=O)OC(C)(C)C)C1=O. The van der Waals surface area contributed by atoms with E-state index in [-0.39, 0.29) is 13.0 Å². The predicted octanol–water partition coefficient (Wildman–Crippen LogP) is 1.71. The van der Waals surface area contributed by atoms with Crippen molar-refractivity contribution in [2.45, 2.75) is 70.4 Å². The van der Waals surface area contributed by atoms with Gasteiger partial charge >= 0.3 is 6.09 Å². The standard InChI is InChI=1S/C23H30N4O5/c1-14(28)16(18(25)29)26-13-23(19(26)30)11-22(5,12-24)17(15-9-7-6-8-10-15)27(23)20(31)32-21(2,3)4/h6-10,14,16-17,28H,11,13H2,1-5H3,(H2,25,29)/t14-,16+,17?,22?,23?/m1/s1. The highest BCUT2D eigenvalue weighted by atomic mass is 16.6. The van der Waals surface area contributed by atoms with Gasteiger partial charge in [-0.2, -0.15) is 5.26 Å². The topological polar surface area (TPSA) is 137 Å². The molecule has 9 nitrogen and oxygen atoms in total. The summed E-state index contributed by atoms with van der Waals surface area (Å²) in [7, 11) is 0. The van der Waals surface area contributed by atoms with Gasteiger partial charge in [-0.05, 0) is 40.2 Å². The minimum atomic E-state index is -1.38. The van der Waals surface area contributed by atoms with E-state index in [9.17, 15) is 24.8 Å². The number of hydrogen-bond donors (Lipinski definition) is 2. The van der Waals surface area contributed by atoms with Crippen LogP contribution in [0.15, 0.2) is 30.3 Å². The maximum atomic E-state index is 13.5. The first-order valence-corrected chi connectivity index (χ1v) is 10.5. The van der Waals surface area contributed by atoms with Crippen LogP contribution in [0, 0.1) is 16.7 Å². The maximum absolute atomic E-state index is 13.5. The number of carbonyl (C=O) groups excluding carboxylic acids is 3. The lowest BCUT2D eigenvalue weighted by Crippen LogP contribution is -2.77. The van der Waals surface area contributed by atoms with E-state index in [4.69, 9.17) is 10.5 Å². The number of hydrogen-bond acceptors (Lipinski definition) is 6. The largest absolute Gasteiger partial charge is 0.444 e. The Morgan fingerprint density at radius 3 is 2.34 bits per heavy atom. The van der Waals surface area contributed by atoms with Crippen molar-refractivity contribution in [2.24, 2.45) is 11.1 Å². The third-order valence-corrected chi connectivity index (χ3v) is 6.12. The van der Waals surface area contributed by atoms with Gasteiger partial charge in [-0.3, -0.25) is 14.5 Å². The van der Waals surface area contributed by atoms with Crippen LogP contribution in [0.5, 0.6) is 0 Å². The first-order valence-electron chi connectivity index (χ1n) is 10.5. The fourth-order valence-electron chi connectivity index (χ4n) is 4.95. The predicted molar refractivity (Wildman–Crippen MR) is 115 cm³/mol. The van der Waals surface area contributed by atoms with E-state index in [2.05, 4.69) is 6.07 Å². The van der Waals surface area contributed by atoms with Gasteiger partial charge in [-0.15, -0.1) is 0 Å². The zero-order valence-corrected chi connectivity index (χ0v) is 19.0. The second-order valence-electron chi connectivity index (χ2n) is 9.92. The van der Waals surface area contributed by atoms with Crippen LogP contribution in [-0.2, 0) is 14.3 Å². The molecule has 2 aliphatic heterocycles. The lowest BCUT2D eigenvalue weighted by molar-refractivity contribution is -0.172. The van der Waals surface area contributed by atoms with Crippen molar-refractivity contribution in [2.75, 3.05) is 6.54 Å². The van der Waals surface area contributed by atoms with Crippen LogP contribution in [0.4, 0.5) is 4.79 Å². The smallest absolute Gasteiger partial charge is 0.411 e. The van der Waals surface area contributed by atoms with Gasteiger partial charge in [0.05, 0.1) is 30.2 Å². The molecule has 3 amide bonds. The Hall–Kier alpha value is -3.12. The molecule has 2 heterocycles. The van der Waals surface area contributed by atoms with E-state index in [0.29, 0.717) is 5.56 Å². The molecule has 3 rings (SSSR count). The van der Waals surface area contributed by atoms with E-state index >= 15 is 0 Å². The molecule has 2 aliphatic rings. The van der Waals surface area contributed by atoms with Crippen molar-refractivity contribution < 1.29 is 24.2 Å². The number of nitrogens with two attached hydrogens (primary N) is 1. The van der Waals surface area contributed by atoms with Gasteiger partial charge in [0.25, 0.3) is 5.91 Å². The van der Waals surface area contributed by atoms with Crippen molar-refractivity contribution in [1.82, 2.24) is 9.80 Å². The van der Waals surface area contributed by atoms with Gasteiger partial charge in [-0.25, -0.2) is 4.79 Å². The normalized spacial score (nSPS) is 29.3. The molecule has 0 bridgehead atoms. The molecule has 1 spiro atoms.